The monoisotopic (exact) mass is 394 g/mol. The number of nitrogens with zero attached hydrogens (tertiary/aromatic N) is 1. The number of aromatic nitrogens is 1. The van der Waals surface area contributed by atoms with E-state index >= 15 is 0 Å². The Morgan fingerprint density at radius 1 is 1.24 bits per heavy atom. The predicted molar refractivity (Wildman–Crippen MR) is 103 cm³/mol. The summed E-state index contributed by atoms with van der Waals surface area (Å²) in [5.74, 6) is 0.437. The minimum absolute atomic E-state index is 0.309. The quantitative estimate of drug-likeness (QED) is 0.696. The molecule has 0 bridgehead atoms. The number of hydrogen-bond acceptors (Lipinski definition) is 3. The van der Waals surface area contributed by atoms with Gasteiger partial charge in [-0.1, -0.05) is 31.5 Å². The number of fused-ring (bicyclic) bond motifs is 3. The summed E-state index contributed by atoms with van der Waals surface area (Å²) in [6, 6.07) is 9.64. The van der Waals surface area contributed by atoms with E-state index in [1.807, 2.05) is 0 Å². The van der Waals surface area contributed by atoms with E-state index in [9.17, 15) is 8.42 Å². The van der Waals surface area contributed by atoms with Gasteiger partial charge in [-0.2, -0.15) is 4.31 Å². The molecule has 0 aliphatic carbocycles. The van der Waals surface area contributed by atoms with Gasteiger partial charge in [0, 0.05) is 36.1 Å². The average Bonchev–Trinajstić information content (AvgIpc) is 3.17. The average molecular weight is 395 g/mol. The van der Waals surface area contributed by atoms with Gasteiger partial charge >= 0.3 is 0 Å². The fraction of sp³-hybridized carbons (Fsp3) is 0.333. The maximum atomic E-state index is 12.9. The van der Waals surface area contributed by atoms with Crippen molar-refractivity contribution in [3.63, 3.8) is 0 Å². The molecule has 0 amide bonds. The van der Waals surface area contributed by atoms with Crippen LogP contribution in [-0.2, 0) is 23.0 Å². The minimum atomic E-state index is -3.50. The second-order valence-corrected chi connectivity index (χ2v) is 10.6. The zero-order valence-corrected chi connectivity index (χ0v) is 16.4. The van der Waals surface area contributed by atoms with Crippen LogP contribution in [0, 0.1) is 0 Å². The van der Waals surface area contributed by atoms with E-state index in [1.165, 1.54) is 5.56 Å². The molecule has 1 aliphatic rings. The summed E-state index contributed by atoms with van der Waals surface area (Å²) in [4.78, 5) is 3.46. The van der Waals surface area contributed by atoms with Crippen molar-refractivity contribution in [1.29, 1.82) is 0 Å². The van der Waals surface area contributed by atoms with E-state index in [1.54, 1.807) is 16.4 Å². The molecule has 0 spiro atoms. The maximum absolute atomic E-state index is 12.9. The fourth-order valence-corrected chi connectivity index (χ4v) is 6.38. The Kier molecular flexibility index (Phi) is 4.19. The molecule has 0 saturated carbocycles. The van der Waals surface area contributed by atoms with Crippen molar-refractivity contribution in [3.8, 4) is 0 Å². The maximum Gasteiger partial charge on any atom is 0.252 e. The van der Waals surface area contributed by atoms with Gasteiger partial charge in [0.15, 0.2) is 0 Å². The van der Waals surface area contributed by atoms with E-state index in [-0.39, 0.29) is 0 Å². The van der Waals surface area contributed by atoms with E-state index < -0.39 is 10.0 Å². The van der Waals surface area contributed by atoms with E-state index in [0.717, 1.165) is 33.5 Å². The molecule has 4 rings (SSSR count). The van der Waals surface area contributed by atoms with Crippen molar-refractivity contribution in [2.75, 3.05) is 6.54 Å². The number of H-pyrrole nitrogens is 1. The molecule has 0 radical (unpaired) electrons. The fourth-order valence-electron chi connectivity index (χ4n) is 3.33. The first-order valence-electron chi connectivity index (χ1n) is 8.25. The van der Waals surface area contributed by atoms with Gasteiger partial charge in [0.05, 0.1) is 4.34 Å². The second-order valence-electron chi connectivity index (χ2n) is 6.69. The van der Waals surface area contributed by atoms with Crippen LogP contribution in [0.4, 0.5) is 0 Å². The van der Waals surface area contributed by atoms with Gasteiger partial charge in [-0.25, -0.2) is 8.42 Å². The lowest BCUT2D eigenvalue weighted by atomic mass is 9.99. The number of benzene rings is 1. The van der Waals surface area contributed by atoms with Gasteiger partial charge < -0.3 is 4.98 Å². The van der Waals surface area contributed by atoms with Gasteiger partial charge in [-0.15, -0.1) is 11.3 Å². The number of hydrogen-bond donors (Lipinski definition) is 1. The van der Waals surface area contributed by atoms with E-state index in [2.05, 4.69) is 37.0 Å². The first kappa shape index (κ1) is 17.1. The molecule has 7 heteroatoms. The standard InChI is InChI=1S/C18H19ClN2O2S2/c1-11(2)12-3-4-15-13(9-12)14-10-21(8-7-16(14)20-15)25(22,23)18-6-5-17(19)24-18/h3-6,9,11,20H,7-8,10H2,1-2H3. The molecule has 0 atom stereocenters. The Bertz CT molecular complexity index is 1050. The number of nitrogens with one attached hydrogen (secondary N) is 1. The molecule has 0 saturated heterocycles. The largest absolute Gasteiger partial charge is 0.358 e. The molecule has 4 nitrogen and oxygen atoms in total. The molecule has 0 fully saturated rings. The van der Waals surface area contributed by atoms with Crippen molar-refractivity contribution in [3.05, 3.63) is 51.5 Å². The first-order chi connectivity index (χ1) is 11.9. The van der Waals surface area contributed by atoms with Crippen LogP contribution in [0.1, 0.15) is 36.6 Å². The zero-order chi connectivity index (χ0) is 17.8. The molecular formula is C18H19ClN2O2S2. The highest BCUT2D eigenvalue weighted by molar-refractivity contribution is 7.91. The van der Waals surface area contributed by atoms with Crippen LogP contribution in [0.5, 0.6) is 0 Å². The van der Waals surface area contributed by atoms with Crippen molar-refractivity contribution in [1.82, 2.24) is 9.29 Å². The highest BCUT2D eigenvalue weighted by Gasteiger charge is 2.31. The van der Waals surface area contributed by atoms with Crippen molar-refractivity contribution < 1.29 is 8.42 Å². The second kappa shape index (κ2) is 6.13. The Morgan fingerprint density at radius 2 is 2.04 bits per heavy atom. The summed E-state index contributed by atoms with van der Waals surface area (Å²) >= 11 is 7.03. The molecule has 3 heterocycles. The Labute approximate surface area is 156 Å². The Morgan fingerprint density at radius 3 is 2.72 bits per heavy atom. The lowest BCUT2D eigenvalue weighted by Crippen LogP contribution is -2.35. The Hall–Kier alpha value is -1.34. The molecule has 2 aromatic heterocycles. The normalized spacial score (nSPS) is 15.8. The first-order valence-corrected chi connectivity index (χ1v) is 10.9. The van der Waals surface area contributed by atoms with Gasteiger partial charge in [0.25, 0.3) is 10.0 Å². The summed E-state index contributed by atoms with van der Waals surface area (Å²) in [6.07, 6.45) is 0.694. The molecule has 1 aromatic carbocycles. The minimum Gasteiger partial charge on any atom is -0.358 e. The predicted octanol–water partition coefficient (Wildman–Crippen LogP) is 4.75. The summed E-state index contributed by atoms with van der Waals surface area (Å²) in [6.45, 7) is 5.21. The van der Waals surface area contributed by atoms with Crippen molar-refractivity contribution >= 4 is 43.9 Å². The summed E-state index contributed by atoms with van der Waals surface area (Å²) in [5, 5.41) is 1.13. The molecule has 1 aliphatic heterocycles. The number of thiophene rings is 1. The SMILES string of the molecule is CC(C)c1ccc2[nH]c3c(c2c1)CN(S(=O)(=O)c1ccc(Cl)s1)CC3. The van der Waals surface area contributed by atoms with Crippen LogP contribution >= 0.6 is 22.9 Å². The highest BCUT2D eigenvalue weighted by atomic mass is 35.5. The summed E-state index contributed by atoms with van der Waals surface area (Å²) in [7, 11) is -3.50. The van der Waals surface area contributed by atoms with Gasteiger partial charge in [-0.05, 0) is 41.3 Å². The van der Waals surface area contributed by atoms with Crippen LogP contribution in [0.3, 0.4) is 0 Å². The van der Waals surface area contributed by atoms with Crippen LogP contribution in [0.25, 0.3) is 10.9 Å². The lowest BCUT2D eigenvalue weighted by Gasteiger charge is -2.26. The molecule has 0 unspecified atom stereocenters. The topological polar surface area (TPSA) is 53.2 Å². The van der Waals surface area contributed by atoms with E-state index in [0.29, 0.717) is 34.0 Å². The van der Waals surface area contributed by atoms with Crippen LogP contribution in [0.2, 0.25) is 4.34 Å². The van der Waals surface area contributed by atoms with Gasteiger partial charge in [0.2, 0.25) is 0 Å². The number of aromatic amines is 1. The van der Waals surface area contributed by atoms with Crippen LogP contribution in [0.15, 0.2) is 34.5 Å². The third kappa shape index (κ3) is 2.91. The van der Waals surface area contributed by atoms with Crippen molar-refractivity contribution in [2.45, 2.75) is 36.9 Å². The Balaban J connectivity index is 1.75. The molecule has 132 valence electrons. The van der Waals surface area contributed by atoms with E-state index in [4.69, 9.17) is 11.6 Å². The van der Waals surface area contributed by atoms with Gasteiger partial charge in [0.1, 0.15) is 4.21 Å². The number of halogens is 1. The number of sulfonamides is 1. The summed E-state index contributed by atoms with van der Waals surface area (Å²) in [5.41, 5.74) is 4.58. The highest BCUT2D eigenvalue weighted by Crippen LogP contribution is 2.34. The molecular weight excluding hydrogens is 376 g/mol. The van der Waals surface area contributed by atoms with Crippen LogP contribution in [-0.4, -0.2) is 24.3 Å². The zero-order valence-electron chi connectivity index (χ0n) is 14.0. The van der Waals surface area contributed by atoms with Gasteiger partial charge in [-0.3, -0.25) is 0 Å². The smallest absolute Gasteiger partial charge is 0.252 e. The van der Waals surface area contributed by atoms with Crippen molar-refractivity contribution in [2.24, 2.45) is 0 Å². The van der Waals surface area contributed by atoms with Crippen LogP contribution < -0.4 is 0 Å². The molecule has 1 N–H and O–H groups in total. The molecule has 3 aromatic rings. The lowest BCUT2D eigenvalue weighted by molar-refractivity contribution is 0.392. The number of rotatable bonds is 3. The molecule has 25 heavy (non-hydrogen) atoms. The third-order valence-corrected chi connectivity index (χ3v) is 8.32. The summed E-state index contributed by atoms with van der Waals surface area (Å²) < 4.78 is 28.2. The third-order valence-electron chi connectivity index (χ3n) is 4.77.